The predicted octanol–water partition coefficient (Wildman–Crippen LogP) is 2.42. The van der Waals surface area contributed by atoms with E-state index in [2.05, 4.69) is 5.32 Å². The number of hydrogen-bond donors (Lipinski definition) is 1. The second-order valence-corrected chi connectivity index (χ2v) is 4.71. The van der Waals surface area contributed by atoms with E-state index in [4.69, 9.17) is 4.74 Å². The van der Waals surface area contributed by atoms with Gasteiger partial charge in [0.2, 0.25) is 0 Å². The van der Waals surface area contributed by atoms with Crippen LogP contribution in [0.5, 0.6) is 0 Å². The first-order chi connectivity index (χ1) is 8.58. The van der Waals surface area contributed by atoms with Crippen molar-refractivity contribution in [1.29, 1.82) is 0 Å². The zero-order valence-electron chi connectivity index (χ0n) is 10.6. The van der Waals surface area contributed by atoms with Crippen LogP contribution in [0.15, 0.2) is 24.3 Å². The Labute approximate surface area is 106 Å². The number of rotatable bonds is 4. The SMILES string of the molecule is CC(NC1CCOC1C)c1cccc([N+](=O)[O-])c1. The molecule has 1 N–H and O–H groups in total. The maximum Gasteiger partial charge on any atom is 0.269 e. The molecular formula is C13H18N2O3. The third kappa shape index (κ3) is 2.86. The van der Waals surface area contributed by atoms with Crippen molar-refractivity contribution in [2.75, 3.05) is 6.61 Å². The van der Waals surface area contributed by atoms with E-state index in [1.165, 1.54) is 6.07 Å². The van der Waals surface area contributed by atoms with Crippen molar-refractivity contribution in [2.24, 2.45) is 0 Å². The van der Waals surface area contributed by atoms with Gasteiger partial charge >= 0.3 is 0 Å². The molecule has 1 aromatic carbocycles. The van der Waals surface area contributed by atoms with E-state index in [-0.39, 0.29) is 22.8 Å². The van der Waals surface area contributed by atoms with Crippen LogP contribution in [0.3, 0.4) is 0 Å². The molecule has 3 atom stereocenters. The van der Waals surface area contributed by atoms with Gasteiger partial charge in [-0.25, -0.2) is 0 Å². The lowest BCUT2D eigenvalue weighted by Crippen LogP contribution is -2.36. The van der Waals surface area contributed by atoms with E-state index >= 15 is 0 Å². The molecular weight excluding hydrogens is 232 g/mol. The maximum atomic E-state index is 10.7. The minimum atomic E-state index is -0.364. The summed E-state index contributed by atoms with van der Waals surface area (Å²) in [7, 11) is 0. The first-order valence-electron chi connectivity index (χ1n) is 6.20. The molecule has 5 heteroatoms. The molecule has 1 aromatic rings. The number of benzene rings is 1. The largest absolute Gasteiger partial charge is 0.377 e. The Hall–Kier alpha value is -1.46. The summed E-state index contributed by atoms with van der Waals surface area (Å²) in [4.78, 5) is 10.4. The fourth-order valence-corrected chi connectivity index (χ4v) is 2.28. The van der Waals surface area contributed by atoms with Crippen molar-refractivity contribution in [3.63, 3.8) is 0 Å². The lowest BCUT2D eigenvalue weighted by atomic mass is 10.0. The number of nitrogens with one attached hydrogen (secondary N) is 1. The highest BCUT2D eigenvalue weighted by Crippen LogP contribution is 2.22. The van der Waals surface area contributed by atoms with E-state index in [0.717, 1.165) is 18.6 Å². The van der Waals surface area contributed by atoms with Crippen LogP contribution in [0.4, 0.5) is 5.69 Å². The van der Waals surface area contributed by atoms with Crippen LogP contribution < -0.4 is 5.32 Å². The number of nitro benzene ring substituents is 1. The van der Waals surface area contributed by atoms with Gasteiger partial charge in [0, 0.05) is 30.8 Å². The van der Waals surface area contributed by atoms with Gasteiger partial charge in [-0.15, -0.1) is 0 Å². The van der Waals surface area contributed by atoms with Gasteiger partial charge in [0.15, 0.2) is 0 Å². The Morgan fingerprint density at radius 2 is 2.33 bits per heavy atom. The Morgan fingerprint density at radius 3 is 2.94 bits per heavy atom. The number of nitrogens with zero attached hydrogens (tertiary/aromatic N) is 1. The van der Waals surface area contributed by atoms with Crippen LogP contribution in [-0.2, 0) is 4.74 Å². The van der Waals surface area contributed by atoms with Gasteiger partial charge in [0.05, 0.1) is 11.0 Å². The Balaban J connectivity index is 2.06. The van der Waals surface area contributed by atoms with Crippen LogP contribution in [0.2, 0.25) is 0 Å². The van der Waals surface area contributed by atoms with E-state index in [9.17, 15) is 10.1 Å². The molecule has 0 radical (unpaired) electrons. The van der Waals surface area contributed by atoms with Gasteiger partial charge < -0.3 is 10.1 Å². The highest BCUT2D eigenvalue weighted by atomic mass is 16.6. The van der Waals surface area contributed by atoms with Gasteiger partial charge in [-0.2, -0.15) is 0 Å². The number of ether oxygens (including phenoxy) is 1. The molecule has 0 aliphatic carbocycles. The predicted molar refractivity (Wildman–Crippen MR) is 68.5 cm³/mol. The smallest absolute Gasteiger partial charge is 0.269 e. The van der Waals surface area contributed by atoms with Crippen molar-refractivity contribution >= 4 is 5.69 Å². The standard InChI is InChI=1S/C13H18N2O3/c1-9(14-13-6-7-18-10(13)2)11-4-3-5-12(8-11)15(16)17/h3-5,8-10,13-14H,6-7H2,1-2H3. The third-order valence-corrected chi connectivity index (χ3v) is 3.42. The minimum absolute atomic E-state index is 0.0825. The highest BCUT2D eigenvalue weighted by Gasteiger charge is 2.25. The second-order valence-electron chi connectivity index (χ2n) is 4.71. The van der Waals surface area contributed by atoms with Crippen LogP contribution in [0.25, 0.3) is 0 Å². The third-order valence-electron chi connectivity index (χ3n) is 3.42. The minimum Gasteiger partial charge on any atom is -0.377 e. The summed E-state index contributed by atoms with van der Waals surface area (Å²) in [5.41, 5.74) is 1.07. The monoisotopic (exact) mass is 250 g/mol. The molecule has 0 saturated carbocycles. The van der Waals surface area contributed by atoms with Crippen molar-refractivity contribution in [1.82, 2.24) is 5.32 Å². The molecule has 0 aromatic heterocycles. The molecule has 1 aliphatic rings. The zero-order valence-corrected chi connectivity index (χ0v) is 10.6. The molecule has 98 valence electrons. The summed E-state index contributed by atoms with van der Waals surface area (Å²) in [6.45, 7) is 4.84. The van der Waals surface area contributed by atoms with Gasteiger partial charge in [0.25, 0.3) is 5.69 Å². The van der Waals surface area contributed by atoms with E-state index < -0.39 is 0 Å². The number of non-ortho nitro benzene ring substituents is 1. The lowest BCUT2D eigenvalue weighted by Gasteiger charge is -2.21. The van der Waals surface area contributed by atoms with Crippen LogP contribution in [0, 0.1) is 10.1 Å². The van der Waals surface area contributed by atoms with Crippen molar-refractivity contribution < 1.29 is 9.66 Å². The average molecular weight is 250 g/mol. The number of hydrogen-bond acceptors (Lipinski definition) is 4. The summed E-state index contributed by atoms with van der Waals surface area (Å²) >= 11 is 0. The fraction of sp³-hybridized carbons (Fsp3) is 0.538. The molecule has 0 bridgehead atoms. The van der Waals surface area contributed by atoms with Crippen LogP contribution in [-0.4, -0.2) is 23.7 Å². The van der Waals surface area contributed by atoms with Gasteiger partial charge in [-0.3, -0.25) is 10.1 Å². The molecule has 1 fully saturated rings. The Bertz CT molecular complexity index is 436. The fourth-order valence-electron chi connectivity index (χ4n) is 2.28. The van der Waals surface area contributed by atoms with Crippen molar-refractivity contribution in [3.05, 3.63) is 39.9 Å². The summed E-state index contributed by atoms with van der Waals surface area (Å²) in [5.74, 6) is 0. The van der Waals surface area contributed by atoms with E-state index in [1.807, 2.05) is 19.9 Å². The topological polar surface area (TPSA) is 64.4 Å². The quantitative estimate of drug-likeness (QED) is 0.658. The molecule has 1 heterocycles. The molecule has 1 saturated heterocycles. The van der Waals surface area contributed by atoms with E-state index in [0.29, 0.717) is 6.04 Å². The Kier molecular flexibility index (Phi) is 3.93. The molecule has 0 spiro atoms. The van der Waals surface area contributed by atoms with E-state index in [1.54, 1.807) is 12.1 Å². The van der Waals surface area contributed by atoms with Crippen LogP contribution in [0.1, 0.15) is 31.9 Å². The average Bonchev–Trinajstić information content (AvgIpc) is 2.75. The normalized spacial score (nSPS) is 25.0. The van der Waals surface area contributed by atoms with Crippen molar-refractivity contribution in [2.45, 2.75) is 38.5 Å². The summed E-state index contributed by atoms with van der Waals surface area (Å²) < 4.78 is 5.49. The molecule has 3 unspecified atom stereocenters. The zero-order chi connectivity index (χ0) is 13.1. The van der Waals surface area contributed by atoms with Crippen molar-refractivity contribution in [3.8, 4) is 0 Å². The summed E-state index contributed by atoms with van der Waals surface area (Å²) in [6.07, 6.45) is 1.19. The maximum absolute atomic E-state index is 10.7. The molecule has 5 nitrogen and oxygen atoms in total. The molecule has 18 heavy (non-hydrogen) atoms. The first-order valence-corrected chi connectivity index (χ1v) is 6.20. The summed E-state index contributed by atoms with van der Waals surface area (Å²) in [5, 5.41) is 14.2. The Morgan fingerprint density at radius 1 is 1.56 bits per heavy atom. The van der Waals surface area contributed by atoms with Gasteiger partial charge in [-0.1, -0.05) is 12.1 Å². The lowest BCUT2D eigenvalue weighted by molar-refractivity contribution is -0.384. The molecule has 2 rings (SSSR count). The second kappa shape index (κ2) is 5.46. The molecule has 0 amide bonds. The summed E-state index contributed by atoms with van der Waals surface area (Å²) in [6, 6.07) is 7.17. The highest BCUT2D eigenvalue weighted by molar-refractivity contribution is 5.35. The molecule has 1 aliphatic heterocycles. The van der Waals surface area contributed by atoms with Gasteiger partial charge in [-0.05, 0) is 25.8 Å². The van der Waals surface area contributed by atoms with Gasteiger partial charge in [0.1, 0.15) is 0 Å². The first kappa shape index (κ1) is 13.0. The van der Waals surface area contributed by atoms with Crippen LogP contribution >= 0.6 is 0 Å². The number of nitro groups is 1.